The van der Waals surface area contributed by atoms with Crippen molar-refractivity contribution in [3.05, 3.63) is 0 Å². The fourth-order valence-electron chi connectivity index (χ4n) is 3.57. The standard InChI is InChI=1S/C11H20.C2H6/c1-9(2)11-6-4-5-10(3,7-11)8-11;1-2/h9H,4-8H2,1-3H3;1-2H3. The first-order valence-electron chi connectivity index (χ1n) is 6.06. The highest BCUT2D eigenvalue weighted by molar-refractivity contribution is 5.05. The third kappa shape index (κ3) is 1.78. The van der Waals surface area contributed by atoms with Gasteiger partial charge in [0.1, 0.15) is 0 Å². The molecule has 0 atom stereocenters. The lowest BCUT2D eigenvalue weighted by molar-refractivity contribution is -0.111. The van der Waals surface area contributed by atoms with Crippen LogP contribution in [-0.2, 0) is 0 Å². The van der Waals surface area contributed by atoms with Gasteiger partial charge < -0.3 is 0 Å². The zero-order valence-corrected chi connectivity index (χ0v) is 10.1. The van der Waals surface area contributed by atoms with E-state index < -0.39 is 0 Å². The van der Waals surface area contributed by atoms with Crippen LogP contribution in [0, 0.1) is 16.7 Å². The van der Waals surface area contributed by atoms with Gasteiger partial charge in [0, 0.05) is 0 Å². The highest BCUT2D eigenvalue weighted by atomic mass is 14.6. The van der Waals surface area contributed by atoms with Crippen LogP contribution in [0.15, 0.2) is 0 Å². The average molecular weight is 182 g/mol. The largest absolute Gasteiger partial charge is 0.0683 e. The molecular formula is C13H26. The molecule has 0 N–H and O–H groups in total. The van der Waals surface area contributed by atoms with Gasteiger partial charge in [0.25, 0.3) is 0 Å². The maximum atomic E-state index is 2.48. The maximum absolute atomic E-state index is 2.48. The third-order valence-electron chi connectivity index (χ3n) is 4.24. The predicted octanol–water partition coefficient (Wildman–Crippen LogP) is 4.64. The quantitative estimate of drug-likeness (QED) is 0.554. The van der Waals surface area contributed by atoms with Gasteiger partial charge in [0.2, 0.25) is 0 Å². The molecule has 0 radical (unpaired) electrons. The molecule has 3 aliphatic rings. The molecule has 0 aromatic carbocycles. The van der Waals surface area contributed by atoms with Crippen LogP contribution in [0.2, 0.25) is 0 Å². The van der Waals surface area contributed by atoms with Crippen LogP contribution in [0.5, 0.6) is 0 Å². The van der Waals surface area contributed by atoms with Crippen LogP contribution in [-0.4, -0.2) is 0 Å². The molecular weight excluding hydrogens is 156 g/mol. The van der Waals surface area contributed by atoms with Crippen molar-refractivity contribution in [1.82, 2.24) is 0 Å². The van der Waals surface area contributed by atoms with Crippen LogP contribution in [0.1, 0.15) is 66.7 Å². The number of rotatable bonds is 1. The Morgan fingerprint density at radius 3 is 1.85 bits per heavy atom. The van der Waals surface area contributed by atoms with Crippen molar-refractivity contribution in [3.8, 4) is 0 Å². The van der Waals surface area contributed by atoms with E-state index in [1.807, 2.05) is 13.8 Å². The van der Waals surface area contributed by atoms with Crippen LogP contribution in [0.4, 0.5) is 0 Å². The van der Waals surface area contributed by atoms with E-state index in [0.717, 1.165) is 16.7 Å². The summed E-state index contributed by atoms with van der Waals surface area (Å²) in [6.45, 7) is 11.3. The molecule has 0 nitrogen and oxygen atoms in total. The van der Waals surface area contributed by atoms with Crippen molar-refractivity contribution in [2.24, 2.45) is 16.7 Å². The Hall–Kier alpha value is 0. The van der Waals surface area contributed by atoms with E-state index in [1.54, 1.807) is 0 Å². The lowest BCUT2D eigenvalue weighted by Gasteiger charge is -2.62. The van der Waals surface area contributed by atoms with Crippen molar-refractivity contribution in [2.45, 2.75) is 66.7 Å². The summed E-state index contributed by atoms with van der Waals surface area (Å²) in [5.74, 6) is 0.927. The Morgan fingerprint density at radius 1 is 1.00 bits per heavy atom. The number of fused-ring (bicyclic) bond motifs is 2. The van der Waals surface area contributed by atoms with Gasteiger partial charge in [0.15, 0.2) is 0 Å². The Bertz CT molecular complexity index is 161. The second kappa shape index (κ2) is 3.63. The first kappa shape index (κ1) is 11.1. The molecule has 3 saturated carbocycles. The fourth-order valence-corrected chi connectivity index (χ4v) is 3.57. The zero-order valence-electron chi connectivity index (χ0n) is 10.1. The molecule has 0 heteroatoms. The highest BCUT2D eigenvalue weighted by Crippen LogP contribution is 2.66. The molecule has 78 valence electrons. The molecule has 3 rings (SSSR count). The van der Waals surface area contributed by atoms with Gasteiger partial charge in [-0.1, -0.05) is 41.0 Å². The minimum absolute atomic E-state index is 0.766. The molecule has 2 bridgehead atoms. The minimum atomic E-state index is 0.766. The van der Waals surface area contributed by atoms with Gasteiger partial charge in [-0.3, -0.25) is 0 Å². The minimum Gasteiger partial charge on any atom is -0.0683 e. The monoisotopic (exact) mass is 182 g/mol. The first-order chi connectivity index (χ1) is 6.06. The summed E-state index contributed by atoms with van der Waals surface area (Å²) in [6.07, 6.45) is 7.56. The van der Waals surface area contributed by atoms with Crippen molar-refractivity contribution < 1.29 is 0 Å². The van der Waals surface area contributed by atoms with Crippen LogP contribution < -0.4 is 0 Å². The average Bonchev–Trinajstić information content (AvgIpc) is 2.06. The summed E-state index contributed by atoms with van der Waals surface area (Å²) in [6, 6.07) is 0. The highest BCUT2D eigenvalue weighted by Gasteiger charge is 2.55. The van der Waals surface area contributed by atoms with E-state index in [0.29, 0.717) is 0 Å². The summed E-state index contributed by atoms with van der Waals surface area (Å²) in [5, 5.41) is 0. The molecule has 3 fully saturated rings. The Kier molecular flexibility index (Phi) is 3.09. The SMILES string of the molecule is CC.CC(C)C12CCCC(C)(C1)C2. The van der Waals surface area contributed by atoms with Crippen molar-refractivity contribution in [1.29, 1.82) is 0 Å². The molecule has 13 heavy (non-hydrogen) atoms. The summed E-state index contributed by atoms with van der Waals surface area (Å²) in [4.78, 5) is 0. The molecule has 3 aliphatic carbocycles. The number of hydrogen-bond acceptors (Lipinski definition) is 0. The Balaban J connectivity index is 0.000000396. The van der Waals surface area contributed by atoms with Crippen molar-refractivity contribution >= 4 is 0 Å². The van der Waals surface area contributed by atoms with Gasteiger partial charge in [-0.2, -0.15) is 0 Å². The molecule has 0 aromatic heterocycles. The predicted molar refractivity (Wildman–Crippen MR) is 59.8 cm³/mol. The summed E-state index contributed by atoms with van der Waals surface area (Å²) >= 11 is 0. The smallest absolute Gasteiger partial charge is 0.0264 e. The van der Waals surface area contributed by atoms with Crippen molar-refractivity contribution in [3.63, 3.8) is 0 Å². The summed E-state index contributed by atoms with van der Waals surface area (Å²) in [7, 11) is 0. The van der Waals surface area contributed by atoms with Gasteiger partial charge in [-0.05, 0) is 42.4 Å². The van der Waals surface area contributed by atoms with E-state index in [4.69, 9.17) is 0 Å². The van der Waals surface area contributed by atoms with Gasteiger partial charge in [0.05, 0.1) is 0 Å². The molecule has 0 saturated heterocycles. The van der Waals surface area contributed by atoms with E-state index in [1.165, 1.54) is 32.1 Å². The molecule has 0 aliphatic heterocycles. The van der Waals surface area contributed by atoms with Gasteiger partial charge >= 0.3 is 0 Å². The Morgan fingerprint density at radius 2 is 1.54 bits per heavy atom. The van der Waals surface area contributed by atoms with Crippen LogP contribution >= 0.6 is 0 Å². The van der Waals surface area contributed by atoms with E-state index in [2.05, 4.69) is 20.8 Å². The second-order valence-corrected chi connectivity index (χ2v) is 5.53. The lowest BCUT2D eigenvalue weighted by Crippen LogP contribution is -2.51. The third-order valence-corrected chi connectivity index (χ3v) is 4.24. The molecule has 0 unspecified atom stereocenters. The van der Waals surface area contributed by atoms with Crippen LogP contribution in [0.3, 0.4) is 0 Å². The summed E-state index contributed by atoms with van der Waals surface area (Å²) < 4.78 is 0. The Labute approximate surface area is 84.1 Å². The first-order valence-corrected chi connectivity index (χ1v) is 6.06. The zero-order chi connectivity index (χ0) is 10.1. The van der Waals surface area contributed by atoms with E-state index in [9.17, 15) is 0 Å². The number of hydrogen-bond donors (Lipinski definition) is 0. The molecule has 0 aromatic rings. The summed E-state index contributed by atoms with van der Waals surface area (Å²) in [5.41, 5.74) is 1.55. The molecule has 0 heterocycles. The topological polar surface area (TPSA) is 0 Å². The van der Waals surface area contributed by atoms with Crippen LogP contribution in [0.25, 0.3) is 0 Å². The lowest BCUT2D eigenvalue weighted by atomic mass is 9.43. The normalized spacial score (nSPS) is 42.0. The van der Waals surface area contributed by atoms with Gasteiger partial charge in [-0.15, -0.1) is 0 Å². The fraction of sp³-hybridized carbons (Fsp3) is 1.00. The van der Waals surface area contributed by atoms with E-state index >= 15 is 0 Å². The van der Waals surface area contributed by atoms with Crippen molar-refractivity contribution in [2.75, 3.05) is 0 Å². The maximum Gasteiger partial charge on any atom is -0.0264 e. The van der Waals surface area contributed by atoms with E-state index in [-0.39, 0.29) is 0 Å². The van der Waals surface area contributed by atoms with Gasteiger partial charge in [-0.25, -0.2) is 0 Å². The molecule has 0 spiro atoms. The second-order valence-electron chi connectivity index (χ2n) is 5.53. The molecule has 0 amide bonds.